The number of nitrogens with zero attached hydrogens (tertiary/aromatic N) is 4. The lowest BCUT2D eigenvalue weighted by molar-refractivity contribution is -0.140. The van der Waals surface area contributed by atoms with Gasteiger partial charge in [0.15, 0.2) is 0 Å². The second-order valence-corrected chi connectivity index (χ2v) is 11.2. The van der Waals surface area contributed by atoms with E-state index in [1.165, 1.54) is 7.11 Å². The number of alkyl halides is 3. The summed E-state index contributed by atoms with van der Waals surface area (Å²) in [5.41, 5.74) is 1.42. The molecule has 9 nitrogen and oxygen atoms in total. The quantitative estimate of drug-likeness (QED) is 0.325. The lowest BCUT2D eigenvalue weighted by Gasteiger charge is -2.36. The molecule has 1 N–H and O–H groups in total. The molecule has 0 saturated carbocycles. The lowest BCUT2D eigenvalue weighted by Crippen LogP contribution is -2.50. The third-order valence-electron chi connectivity index (χ3n) is 6.91. The molecular formula is C31H36F3N5O4. The standard InChI is InChI=1S/C31H36F3N5O4/c1-30(2,3)43-29(41)39-17-15-38(16-18-39)24-12-10-23(11-13-24)36-28-35-20-25(31(32,33)34)26(37-28)14-9-21-7-5-6-8-22(21)19-27(40)42-4/h5-8,10-13,20H,9,14-19H2,1-4H3,(H,35,36,37). The van der Waals surface area contributed by atoms with Gasteiger partial charge in [-0.15, -0.1) is 0 Å². The Labute approximate surface area is 249 Å². The predicted molar refractivity (Wildman–Crippen MR) is 156 cm³/mol. The van der Waals surface area contributed by atoms with Gasteiger partial charge in [-0.2, -0.15) is 13.2 Å². The van der Waals surface area contributed by atoms with Gasteiger partial charge in [-0.25, -0.2) is 14.8 Å². The number of ether oxygens (including phenoxy) is 2. The molecule has 0 atom stereocenters. The van der Waals surface area contributed by atoms with Crippen molar-refractivity contribution in [1.82, 2.24) is 14.9 Å². The van der Waals surface area contributed by atoms with E-state index in [1.54, 1.807) is 41.3 Å². The molecule has 4 rings (SSSR count). The van der Waals surface area contributed by atoms with E-state index in [2.05, 4.69) is 20.2 Å². The zero-order valence-electron chi connectivity index (χ0n) is 24.7. The monoisotopic (exact) mass is 599 g/mol. The minimum absolute atomic E-state index is 0.00155. The Kier molecular flexibility index (Phi) is 9.77. The number of piperazine rings is 1. The summed E-state index contributed by atoms with van der Waals surface area (Å²) in [7, 11) is 1.29. The van der Waals surface area contributed by atoms with Gasteiger partial charge in [0.2, 0.25) is 5.95 Å². The van der Waals surface area contributed by atoms with E-state index >= 15 is 0 Å². The van der Waals surface area contributed by atoms with Crippen molar-refractivity contribution in [2.24, 2.45) is 0 Å². The number of benzene rings is 2. The highest BCUT2D eigenvalue weighted by molar-refractivity contribution is 5.73. The molecule has 1 aromatic heterocycles. The fraction of sp³-hybridized carbons (Fsp3) is 0.419. The number of hydrogen-bond acceptors (Lipinski definition) is 8. The summed E-state index contributed by atoms with van der Waals surface area (Å²) in [4.78, 5) is 36.1. The fourth-order valence-corrected chi connectivity index (χ4v) is 4.72. The van der Waals surface area contributed by atoms with Gasteiger partial charge in [-0.3, -0.25) is 4.79 Å². The number of halogens is 3. The first kappa shape index (κ1) is 31.6. The summed E-state index contributed by atoms with van der Waals surface area (Å²) in [5, 5.41) is 3.00. The normalized spacial score (nSPS) is 13.9. The molecule has 12 heteroatoms. The van der Waals surface area contributed by atoms with Crippen LogP contribution in [0, 0.1) is 0 Å². The molecule has 1 aliphatic rings. The van der Waals surface area contributed by atoms with Crippen LogP contribution in [0.4, 0.5) is 35.3 Å². The second kappa shape index (κ2) is 13.3. The van der Waals surface area contributed by atoms with Crippen LogP contribution < -0.4 is 10.2 Å². The summed E-state index contributed by atoms with van der Waals surface area (Å²) in [5.74, 6) is -0.379. The SMILES string of the molecule is COC(=O)Cc1ccccc1CCc1nc(Nc2ccc(N3CCN(C(=O)OC(C)(C)C)CC3)cc2)ncc1C(F)(F)F. The highest BCUT2D eigenvalue weighted by atomic mass is 19.4. The van der Waals surface area contributed by atoms with Crippen LogP contribution in [0.25, 0.3) is 0 Å². The largest absolute Gasteiger partial charge is 0.469 e. The molecule has 0 spiro atoms. The van der Waals surface area contributed by atoms with Crippen molar-refractivity contribution < 1.29 is 32.2 Å². The fourth-order valence-electron chi connectivity index (χ4n) is 4.72. The minimum Gasteiger partial charge on any atom is -0.469 e. The molecule has 0 bridgehead atoms. The molecule has 1 fully saturated rings. The van der Waals surface area contributed by atoms with Crippen LogP contribution in [-0.4, -0.2) is 65.8 Å². The van der Waals surface area contributed by atoms with Crippen molar-refractivity contribution in [3.63, 3.8) is 0 Å². The Hall–Kier alpha value is -4.35. The third-order valence-corrected chi connectivity index (χ3v) is 6.91. The molecule has 2 heterocycles. The lowest BCUT2D eigenvalue weighted by atomic mass is 9.98. The molecule has 2 aromatic carbocycles. The molecular weight excluding hydrogens is 563 g/mol. The smallest absolute Gasteiger partial charge is 0.419 e. The second-order valence-electron chi connectivity index (χ2n) is 11.2. The Morgan fingerprint density at radius 3 is 2.19 bits per heavy atom. The predicted octanol–water partition coefficient (Wildman–Crippen LogP) is 5.80. The van der Waals surface area contributed by atoms with E-state index in [0.717, 1.165) is 17.4 Å². The van der Waals surface area contributed by atoms with E-state index in [9.17, 15) is 22.8 Å². The number of amides is 1. The first-order chi connectivity index (χ1) is 20.3. The maximum absolute atomic E-state index is 13.8. The number of anilines is 3. The van der Waals surface area contributed by atoms with Gasteiger partial charge in [-0.05, 0) is 69.0 Å². The number of esters is 1. The molecule has 1 aliphatic heterocycles. The molecule has 230 valence electrons. The van der Waals surface area contributed by atoms with Crippen LogP contribution in [-0.2, 0) is 39.7 Å². The highest BCUT2D eigenvalue weighted by Crippen LogP contribution is 2.32. The topological polar surface area (TPSA) is 96.9 Å². The summed E-state index contributed by atoms with van der Waals surface area (Å²) in [6, 6.07) is 14.5. The van der Waals surface area contributed by atoms with E-state index in [0.29, 0.717) is 37.4 Å². The average Bonchev–Trinajstić information content (AvgIpc) is 2.96. The Bertz CT molecular complexity index is 1420. The summed E-state index contributed by atoms with van der Waals surface area (Å²) in [6.07, 6.45) is -3.86. The number of nitrogens with one attached hydrogen (secondary N) is 1. The van der Waals surface area contributed by atoms with Gasteiger partial charge >= 0.3 is 18.2 Å². The zero-order chi connectivity index (χ0) is 31.2. The Balaban J connectivity index is 1.42. The average molecular weight is 600 g/mol. The number of aromatic nitrogens is 2. The molecule has 1 amide bonds. The summed E-state index contributed by atoms with van der Waals surface area (Å²) >= 11 is 0. The number of hydrogen-bond donors (Lipinski definition) is 1. The number of carbonyl (C=O) groups excluding carboxylic acids is 2. The highest BCUT2D eigenvalue weighted by Gasteiger charge is 2.35. The van der Waals surface area contributed by atoms with E-state index < -0.39 is 23.3 Å². The van der Waals surface area contributed by atoms with Gasteiger partial charge in [0.25, 0.3) is 0 Å². The molecule has 0 unspecified atom stereocenters. The molecule has 0 aliphatic carbocycles. The maximum Gasteiger partial charge on any atom is 0.419 e. The van der Waals surface area contributed by atoms with Crippen molar-refractivity contribution >= 4 is 29.4 Å². The zero-order valence-corrected chi connectivity index (χ0v) is 24.7. The van der Waals surface area contributed by atoms with Crippen LogP contribution in [0.2, 0.25) is 0 Å². The number of methoxy groups -OCH3 is 1. The minimum atomic E-state index is -4.62. The number of carbonyl (C=O) groups is 2. The van der Waals surface area contributed by atoms with Crippen LogP contribution in [0.1, 0.15) is 43.2 Å². The van der Waals surface area contributed by atoms with E-state index in [-0.39, 0.29) is 37.0 Å². The molecule has 1 saturated heterocycles. The Morgan fingerprint density at radius 1 is 0.930 bits per heavy atom. The first-order valence-corrected chi connectivity index (χ1v) is 14.0. The van der Waals surface area contributed by atoms with Gasteiger partial charge in [0.1, 0.15) is 5.60 Å². The molecule has 0 radical (unpaired) electrons. The van der Waals surface area contributed by atoms with Gasteiger partial charge in [0, 0.05) is 43.8 Å². The van der Waals surface area contributed by atoms with Crippen LogP contribution in [0.5, 0.6) is 0 Å². The van der Waals surface area contributed by atoms with Crippen molar-refractivity contribution in [1.29, 1.82) is 0 Å². The van der Waals surface area contributed by atoms with Crippen molar-refractivity contribution in [3.05, 3.63) is 77.1 Å². The van der Waals surface area contributed by atoms with Crippen molar-refractivity contribution in [2.75, 3.05) is 43.5 Å². The van der Waals surface area contributed by atoms with Crippen molar-refractivity contribution in [3.8, 4) is 0 Å². The summed E-state index contributed by atoms with van der Waals surface area (Å²) < 4.78 is 51.6. The van der Waals surface area contributed by atoms with Gasteiger partial charge < -0.3 is 24.6 Å². The first-order valence-electron chi connectivity index (χ1n) is 14.0. The summed E-state index contributed by atoms with van der Waals surface area (Å²) in [6.45, 7) is 7.85. The third kappa shape index (κ3) is 8.82. The number of aryl methyl sites for hydroxylation is 2. The van der Waals surface area contributed by atoms with E-state index in [4.69, 9.17) is 9.47 Å². The molecule has 3 aromatic rings. The van der Waals surface area contributed by atoms with Gasteiger partial charge in [-0.1, -0.05) is 24.3 Å². The van der Waals surface area contributed by atoms with Crippen LogP contribution in [0.3, 0.4) is 0 Å². The van der Waals surface area contributed by atoms with Crippen LogP contribution in [0.15, 0.2) is 54.7 Å². The van der Waals surface area contributed by atoms with Gasteiger partial charge in [0.05, 0.1) is 24.8 Å². The van der Waals surface area contributed by atoms with Crippen molar-refractivity contribution in [2.45, 2.75) is 51.8 Å². The number of rotatable bonds is 8. The Morgan fingerprint density at radius 2 is 1.58 bits per heavy atom. The maximum atomic E-state index is 13.8. The van der Waals surface area contributed by atoms with E-state index in [1.807, 2.05) is 32.9 Å². The van der Waals surface area contributed by atoms with Crippen LogP contribution >= 0.6 is 0 Å². The molecule has 43 heavy (non-hydrogen) atoms.